The van der Waals surface area contributed by atoms with Crippen molar-refractivity contribution in [2.75, 3.05) is 42.9 Å². The van der Waals surface area contributed by atoms with E-state index in [-0.39, 0.29) is 28.8 Å². The number of pyridine rings is 1. The third-order valence-corrected chi connectivity index (χ3v) is 8.04. The number of hydrogen-bond donors (Lipinski definition) is 2. The largest absolute Gasteiger partial charge is 0.477 e. The van der Waals surface area contributed by atoms with E-state index in [1.54, 1.807) is 16.8 Å². The highest BCUT2D eigenvalue weighted by Crippen LogP contribution is 2.46. The molecule has 0 aliphatic carbocycles. The molecular weight excluding hydrogens is 481 g/mol. The number of carboxylic acids is 1. The predicted octanol–water partition coefficient (Wildman–Crippen LogP) is 2.99. The third-order valence-electron chi connectivity index (χ3n) is 6.04. The molecule has 9 nitrogen and oxygen atoms in total. The molecule has 0 radical (unpaired) electrons. The molecule has 1 amide bonds. The number of benzene rings is 1. The molecule has 2 aromatic heterocycles. The number of aromatic nitrogens is 2. The zero-order valence-electron chi connectivity index (χ0n) is 18.5. The minimum Gasteiger partial charge on any atom is -0.477 e. The second-order valence-electron chi connectivity index (χ2n) is 8.31. The van der Waals surface area contributed by atoms with E-state index in [1.807, 2.05) is 23.6 Å². The fourth-order valence-electron chi connectivity index (χ4n) is 4.39. The SMILES string of the molecule is Cc1cnc(NC(=O)CN2CCN(c3cc4c(cc3F)c(=O)c(C(=O)O)c3n4C(C)S3)CC2)s1. The van der Waals surface area contributed by atoms with Crippen LogP contribution >= 0.6 is 23.1 Å². The smallest absolute Gasteiger partial charge is 0.342 e. The van der Waals surface area contributed by atoms with Crippen molar-refractivity contribution in [2.24, 2.45) is 0 Å². The number of carbonyl (C=O) groups excluding carboxylic acids is 1. The molecule has 1 unspecified atom stereocenters. The van der Waals surface area contributed by atoms with Crippen LogP contribution in [-0.2, 0) is 4.79 Å². The van der Waals surface area contributed by atoms with Crippen molar-refractivity contribution in [3.8, 4) is 0 Å². The van der Waals surface area contributed by atoms with Gasteiger partial charge in [-0.3, -0.25) is 14.5 Å². The lowest BCUT2D eigenvalue weighted by molar-refractivity contribution is -0.117. The summed E-state index contributed by atoms with van der Waals surface area (Å²) in [5.74, 6) is -2.00. The van der Waals surface area contributed by atoms with Gasteiger partial charge in [0.2, 0.25) is 11.3 Å². The van der Waals surface area contributed by atoms with Gasteiger partial charge < -0.3 is 19.9 Å². The second kappa shape index (κ2) is 8.67. The van der Waals surface area contributed by atoms with Gasteiger partial charge in [-0.2, -0.15) is 0 Å². The van der Waals surface area contributed by atoms with E-state index in [4.69, 9.17) is 0 Å². The maximum atomic E-state index is 15.1. The van der Waals surface area contributed by atoms with Crippen molar-refractivity contribution >= 4 is 56.7 Å². The van der Waals surface area contributed by atoms with Crippen LogP contribution in [0.15, 0.2) is 28.2 Å². The highest BCUT2D eigenvalue weighted by molar-refractivity contribution is 8.00. The number of carboxylic acid groups (broad SMARTS) is 1. The van der Waals surface area contributed by atoms with Gasteiger partial charge in [0.15, 0.2) is 5.13 Å². The summed E-state index contributed by atoms with van der Waals surface area (Å²) in [4.78, 5) is 45.8. The zero-order chi connectivity index (χ0) is 24.1. The number of halogens is 1. The summed E-state index contributed by atoms with van der Waals surface area (Å²) in [6.07, 6.45) is 1.71. The second-order valence-corrected chi connectivity index (χ2v) is 10.8. The van der Waals surface area contributed by atoms with Gasteiger partial charge in [0.1, 0.15) is 11.4 Å². The molecule has 2 N–H and O–H groups in total. The van der Waals surface area contributed by atoms with Crippen LogP contribution in [0, 0.1) is 12.7 Å². The molecule has 2 aliphatic rings. The van der Waals surface area contributed by atoms with Crippen LogP contribution in [0.4, 0.5) is 15.2 Å². The molecule has 0 spiro atoms. The van der Waals surface area contributed by atoms with E-state index in [1.165, 1.54) is 23.1 Å². The van der Waals surface area contributed by atoms with Crippen molar-refractivity contribution < 1.29 is 19.1 Å². The number of thioether (sulfide) groups is 1. The standard InChI is InChI=1S/C22H22FN5O4S2/c1-11-9-24-22(33-11)25-17(29)10-26-3-5-27(6-4-26)16-8-15-13(7-14(16)23)19(30)18(21(31)32)20-28(15)12(2)34-20/h7-9,12H,3-6,10H2,1-2H3,(H,31,32)(H,24,25,29). The predicted molar refractivity (Wildman–Crippen MR) is 130 cm³/mol. The summed E-state index contributed by atoms with van der Waals surface area (Å²) in [6, 6.07) is 2.79. The van der Waals surface area contributed by atoms with E-state index in [0.29, 0.717) is 47.5 Å². The lowest BCUT2D eigenvalue weighted by atomic mass is 10.1. The van der Waals surface area contributed by atoms with Crippen molar-refractivity contribution in [1.82, 2.24) is 14.5 Å². The summed E-state index contributed by atoms with van der Waals surface area (Å²) in [5.41, 5.74) is -0.0586. The van der Waals surface area contributed by atoms with Gasteiger partial charge in [0, 0.05) is 42.6 Å². The minimum absolute atomic E-state index is 0.0495. The number of nitrogens with one attached hydrogen (secondary N) is 1. The van der Waals surface area contributed by atoms with E-state index < -0.39 is 17.2 Å². The zero-order valence-corrected chi connectivity index (χ0v) is 20.1. The van der Waals surface area contributed by atoms with Crippen molar-refractivity contribution in [1.29, 1.82) is 0 Å². The van der Waals surface area contributed by atoms with Crippen LogP contribution in [0.25, 0.3) is 10.9 Å². The van der Waals surface area contributed by atoms with E-state index in [2.05, 4.69) is 10.3 Å². The van der Waals surface area contributed by atoms with Crippen LogP contribution in [0.1, 0.15) is 27.5 Å². The number of hydrogen-bond acceptors (Lipinski definition) is 8. The topological polar surface area (TPSA) is 108 Å². The van der Waals surface area contributed by atoms with Crippen molar-refractivity contribution in [3.63, 3.8) is 0 Å². The quantitative estimate of drug-likeness (QED) is 0.547. The van der Waals surface area contributed by atoms with Gasteiger partial charge in [-0.05, 0) is 26.0 Å². The number of amides is 1. The van der Waals surface area contributed by atoms with Gasteiger partial charge in [-0.15, -0.1) is 11.3 Å². The lowest BCUT2D eigenvalue weighted by Gasteiger charge is -2.37. The Morgan fingerprint density at radius 3 is 2.62 bits per heavy atom. The van der Waals surface area contributed by atoms with Crippen LogP contribution in [0.2, 0.25) is 0 Å². The fraction of sp³-hybridized carbons (Fsp3) is 0.364. The molecule has 3 aromatic rings. The summed E-state index contributed by atoms with van der Waals surface area (Å²) < 4.78 is 16.9. The van der Waals surface area contributed by atoms with Crippen LogP contribution in [0.3, 0.4) is 0 Å². The Balaban J connectivity index is 1.34. The number of aryl methyl sites for hydroxylation is 1. The molecule has 178 valence electrons. The molecule has 34 heavy (non-hydrogen) atoms. The lowest BCUT2D eigenvalue weighted by Crippen LogP contribution is -2.49. The fourth-order valence-corrected chi connectivity index (χ4v) is 6.22. The normalized spacial score (nSPS) is 18.0. The van der Waals surface area contributed by atoms with Gasteiger partial charge >= 0.3 is 5.97 Å². The van der Waals surface area contributed by atoms with Crippen LogP contribution in [0.5, 0.6) is 0 Å². The summed E-state index contributed by atoms with van der Waals surface area (Å²) in [6.45, 7) is 6.23. The molecule has 1 fully saturated rings. The first-order valence-corrected chi connectivity index (χ1v) is 12.4. The average molecular weight is 504 g/mol. The van der Waals surface area contributed by atoms with E-state index >= 15 is 4.39 Å². The third kappa shape index (κ3) is 3.95. The highest BCUT2D eigenvalue weighted by atomic mass is 32.2. The number of rotatable bonds is 5. The first kappa shape index (κ1) is 22.8. The Kier molecular flexibility index (Phi) is 5.82. The molecule has 0 bridgehead atoms. The summed E-state index contributed by atoms with van der Waals surface area (Å²) in [7, 11) is 0. The number of anilines is 2. The first-order valence-electron chi connectivity index (χ1n) is 10.7. The van der Waals surface area contributed by atoms with Gasteiger partial charge in [0.05, 0.1) is 28.1 Å². The van der Waals surface area contributed by atoms with E-state index in [0.717, 1.165) is 10.9 Å². The van der Waals surface area contributed by atoms with Crippen molar-refractivity contribution in [2.45, 2.75) is 24.2 Å². The molecule has 1 saturated heterocycles. The Morgan fingerprint density at radius 2 is 2.00 bits per heavy atom. The van der Waals surface area contributed by atoms with Crippen LogP contribution in [-0.4, -0.2) is 64.2 Å². The molecular formula is C22H22FN5O4S2. The first-order chi connectivity index (χ1) is 16.2. The monoisotopic (exact) mass is 503 g/mol. The average Bonchev–Trinajstić information content (AvgIpc) is 3.18. The molecule has 2 aliphatic heterocycles. The van der Waals surface area contributed by atoms with Crippen molar-refractivity contribution in [3.05, 3.63) is 44.8 Å². The Bertz CT molecular complexity index is 1380. The van der Waals surface area contributed by atoms with Gasteiger partial charge in [0.25, 0.3) is 0 Å². The molecule has 1 aromatic carbocycles. The maximum absolute atomic E-state index is 15.1. The maximum Gasteiger partial charge on any atom is 0.342 e. The molecule has 4 heterocycles. The molecule has 5 rings (SSSR count). The number of thiazole rings is 1. The van der Waals surface area contributed by atoms with Crippen LogP contribution < -0.4 is 15.6 Å². The molecule has 12 heteroatoms. The summed E-state index contributed by atoms with van der Waals surface area (Å²) in [5, 5.41) is 13.3. The Morgan fingerprint density at radius 1 is 1.26 bits per heavy atom. The van der Waals surface area contributed by atoms with Gasteiger partial charge in [-0.1, -0.05) is 11.8 Å². The number of aromatic carboxylic acids is 1. The number of fused-ring (bicyclic) bond motifs is 3. The Hall–Kier alpha value is -2.96. The number of piperazine rings is 1. The highest BCUT2D eigenvalue weighted by Gasteiger charge is 2.33. The summed E-state index contributed by atoms with van der Waals surface area (Å²) >= 11 is 2.74. The molecule has 1 atom stereocenters. The molecule has 0 saturated carbocycles. The number of carbonyl (C=O) groups is 2. The van der Waals surface area contributed by atoms with Gasteiger partial charge in [-0.25, -0.2) is 14.2 Å². The van der Waals surface area contributed by atoms with E-state index in [9.17, 15) is 19.5 Å². The minimum atomic E-state index is -1.30. The Labute approximate surface area is 202 Å². The number of nitrogens with zero attached hydrogens (tertiary/aromatic N) is 4.